The smallest absolute Gasteiger partial charge is 0.312 e. The summed E-state index contributed by atoms with van der Waals surface area (Å²) in [5, 5.41) is 0. The van der Waals surface area contributed by atoms with Crippen LogP contribution >= 0.6 is 23.2 Å². The predicted octanol–water partition coefficient (Wildman–Crippen LogP) is 2.42. The van der Waals surface area contributed by atoms with Crippen LogP contribution in [0.15, 0.2) is 12.3 Å². The number of halogens is 2. The fourth-order valence-electron chi connectivity index (χ4n) is 1.45. The van der Waals surface area contributed by atoms with E-state index < -0.39 is 4.33 Å². The summed E-state index contributed by atoms with van der Waals surface area (Å²) in [6.07, 6.45) is 5.88. The molecule has 0 aromatic rings. The van der Waals surface area contributed by atoms with Crippen LogP contribution in [0, 0.1) is 5.92 Å². The van der Waals surface area contributed by atoms with Gasteiger partial charge in [-0.25, -0.2) is 0 Å². The number of rotatable bonds is 3. The van der Waals surface area contributed by atoms with Gasteiger partial charge in [-0.2, -0.15) is 0 Å². The molecule has 0 saturated heterocycles. The van der Waals surface area contributed by atoms with Crippen molar-refractivity contribution >= 4 is 29.2 Å². The van der Waals surface area contributed by atoms with Crippen LogP contribution in [-0.2, 0) is 14.3 Å². The zero-order valence-electron chi connectivity index (χ0n) is 8.12. The third-order valence-corrected chi connectivity index (χ3v) is 3.38. The highest BCUT2D eigenvalue weighted by Gasteiger charge is 2.57. The Morgan fingerprint density at radius 3 is 2.87 bits per heavy atom. The number of allylic oxidation sites excluding steroid dienone is 1. The molecule has 1 heterocycles. The predicted molar refractivity (Wildman–Crippen MR) is 56.8 cm³/mol. The Kier molecular flexibility index (Phi) is 3.12. The largest absolute Gasteiger partial charge is 0.495 e. The summed E-state index contributed by atoms with van der Waals surface area (Å²) in [5.41, 5.74) is 0. The summed E-state index contributed by atoms with van der Waals surface area (Å²) in [7, 11) is 0. The summed E-state index contributed by atoms with van der Waals surface area (Å²) in [4.78, 5) is 11.4. The van der Waals surface area contributed by atoms with Gasteiger partial charge in [-0.05, 0) is 25.3 Å². The van der Waals surface area contributed by atoms with E-state index in [1.165, 1.54) is 0 Å². The molecule has 3 nitrogen and oxygen atoms in total. The summed E-state index contributed by atoms with van der Waals surface area (Å²) in [6.45, 7) is 0.281. The minimum Gasteiger partial charge on any atom is -0.495 e. The Morgan fingerprint density at radius 2 is 2.33 bits per heavy atom. The molecule has 1 aliphatic heterocycles. The zero-order chi connectivity index (χ0) is 10.9. The van der Waals surface area contributed by atoms with E-state index in [1.54, 1.807) is 6.26 Å². The molecule has 0 radical (unpaired) electrons. The third-order valence-electron chi connectivity index (χ3n) is 2.54. The second-order valence-corrected chi connectivity index (χ2v) is 5.40. The molecule has 0 aromatic carbocycles. The molecule has 2 atom stereocenters. The molecule has 0 spiro atoms. The van der Waals surface area contributed by atoms with Crippen LogP contribution < -0.4 is 0 Å². The lowest BCUT2D eigenvalue weighted by atomic mass is 10.2. The van der Waals surface area contributed by atoms with Crippen molar-refractivity contribution in [1.29, 1.82) is 0 Å². The number of esters is 1. The molecule has 0 amide bonds. The SMILES string of the molecule is O=C(OCC1CCC=CO1)C1CC1(Cl)Cl. The van der Waals surface area contributed by atoms with Gasteiger partial charge in [0.15, 0.2) is 0 Å². The van der Waals surface area contributed by atoms with E-state index in [-0.39, 0.29) is 24.6 Å². The Labute approximate surface area is 98.3 Å². The van der Waals surface area contributed by atoms with E-state index in [9.17, 15) is 4.79 Å². The van der Waals surface area contributed by atoms with E-state index in [0.29, 0.717) is 6.42 Å². The fraction of sp³-hybridized carbons (Fsp3) is 0.700. The summed E-state index contributed by atoms with van der Waals surface area (Å²) in [5.74, 6) is -0.682. The number of ether oxygens (including phenoxy) is 2. The molecule has 1 saturated carbocycles. The van der Waals surface area contributed by atoms with E-state index in [2.05, 4.69) is 0 Å². The third kappa shape index (κ3) is 2.79. The molecule has 2 rings (SSSR count). The van der Waals surface area contributed by atoms with Gasteiger partial charge < -0.3 is 9.47 Å². The van der Waals surface area contributed by atoms with Gasteiger partial charge in [-0.3, -0.25) is 4.79 Å². The van der Waals surface area contributed by atoms with Crippen LogP contribution in [0.3, 0.4) is 0 Å². The van der Waals surface area contributed by atoms with E-state index in [1.807, 2.05) is 6.08 Å². The molecule has 2 unspecified atom stereocenters. The number of alkyl halides is 2. The van der Waals surface area contributed by atoms with Crippen molar-refractivity contribution in [3.05, 3.63) is 12.3 Å². The van der Waals surface area contributed by atoms with Gasteiger partial charge in [0, 0.05) is 0 Å². The first-order chi connectivity index (χ1) is 7.09. The molecular weight excluding hydrogens is 239 g/mol. The number of hydrogen-bond donors (Lipinski definition) is 0. The van der Waals surface area contributed by atoms with E-state index in [0.717, 1.165) is 12.8 Å². The van der Waals surface area contributed by atoms with Gasteiger partial charge in [-0.1, -0.05) is 0 Å². The first kappa shape index (κ1) is 11.1. The molecule has 0 bridgehead atoms. The minimum absolute atomic E-state index is 0.0299. The maximum atomic E-state index is 11.4. The monoisotopic (exact) mass is 250 g/mol. The van der Waals surface area contributed by atoms with Crippen molar-refractivity contribution in [2.45, 2.75) is 29.7 Å². The molecule has 15 heavy (non-hydrogen) atoms. The standard InChI is InChI=1S/C10H12Cl2O3/c11-10(12)5-8(10)9(13)15-6-7-3-1-2-4-14-7/h2,4,7-8H,1,3,5-6H2. The maximum absolute atomic E-state index is 11.4. The topological polar surface area (TPSA) is 35.5 Å². The highest BCUT2D eigenvalue weighted by molar-refractivity contribution is 6.52. The number of hydrogen-bond acceptors (Lipinski definition) is 3. The van der Waals surface area contributed by atoms with Gasteiger partial charge in [0.05, 0.1) is 12.2 Å². The van der Waals surface area contributed by atoms with Crippen LogP contribution in [0.25, 0.3) is 0 Å². The molecule has 84 valence electrons. The van der Waals surface area contributed by atoms with E-state index >= 15 is 0 Å². The van der Waals surface area contributed by atoms with Gasteiger partial charge in [-0.15, -0.1) is 23.2 Å². The van der Waals surface area contributed by atoms with Crippen LogP contribution in [0.5, 0.6) is 0 Å². The van der Waals surface area contributed by atoms with Gasteiger partial charge in [0.2, 0.25) is 0 Å². The molecule has 0 N–H and O–H groups in total. The summed E-state index contributed by atoms with van der Waals surface area (Å²) < 4.78 is 9.43. The lowest BCUT2D eigenvalue weighted by Crippen LogP contribution is -2.23. The van der Waals surface area contributed by atoms with Gasteiger partial charge in [0.25, 0.3) is 0 Å². The van der Waals surface area contributed by atoms with Crippen molar-refractivity contribution in [3.8, 4) is 0 Å². The molecule has 1 aliphatic carbocycles. The average molecular weight is 251 g/mol. The highest BCUT2D eigenvalue weighted by Crippen LogP contribution is 2.53. The van der Waals surface area contributed by atoms with E-state index in [4.69, 9.17) is 32.7 Å². The van der Waals surface area contributed by atoms with Crippen molar-refractivity contribution in [2.24, 2.45) is 5.92 Å². The maximum Gasteiger partial charge on any atom is 0.312 e. The van der Waals surface area contributed by atoms with Crippen molar-refractivity contribution < 1.29 is 14.3 Å². The summed E-state index contributed by atoms with van der Waals surface area (Å²) >= 11 is 11.5. The molecular formula is C10H12Cl2O3. The van der Waals surface area contributed by atoms with Gasteiger partial charge >= 0.3 is 5.97 Å². The number of carbonyl (C=O) groups is 1. The zero-order valence-corrected chi connectivity index (χ0v) is 9.63. The van der Waals surface area contributed by atoms with Crippen LogP contribution in [0.4, 0.5) is 0 Å². The molecule has 5 heteroatoms. The first-order valence-electron chi connectivity index (χ1n) is 4.94. The first-order valence-corrected chi connectivity index (χ1v) is 5.70. The Balaban J connectivity index is 1.70. The second-order valence-electron chi connectivity index (χ2n) is 3.86. The normalized spacial score (nSPS) is 31.9. The molecule has 2 aliphatic rings. The number of carbonyl (C=O) groups excluding carboxylic acids is 1. The quantitative estimate of drug-likeness (QED) is 0.570. The Bertz CT molecular complexity index is 288. The van der Waals surface area contributed by atoms with Crippen LogP contribution in [0.1, 0.15) is 19.3 Å². The highest BCUT2D eigenvalue weighted by atomic mass is 35.5. The minimum atomic E-state index is -0.898. The average Bonchev–Trinajstić information content (AvgIpc) is 2.86. The summed E-state index contributed by atoms with van der Waals surface area (Å²) in [6, 6.07) is 0. The fourth-order valence-corrected chi connectivity index (χ4v) is 1.94. The Hall–Kier alpha value is -0.410. The van der Waals surface area contributed by atoms with Crippen molar-refractivity contribution in [3.63, 3.8) is 0 Å². The van der Waals surface area contributed by atoms with Gasteiger partial charge in [0.1, 0.15) is 17.0 Å². The molecule has 1 fully saturated rings. The lowest BCUT2D eigenvalue weighted by Gasteiger charge is -2.18. The Morgan fingerprint density at radius 1 is 1.60 bits per heavy atom. The molecule has 0 aromatic heterocycles. The second kappa shape index (κ2) is 4.22. The van der Waals surface area contributed by atoms with Crippen molar-refractivity contribution in [1.82, 2.24) is 0 Å². The lowest BCUT2D eigenvalue weighted by molar-refractivity contribution is -0.148. The van der Waals surface area contributed by atoms with Crippen molar-refractivity contribution in [2.75, 3.05) is 6.61 Å². The van der Waals surface area contributed by atoms with Crippen LogP contribution in [-0.4, -0.2) is 23.0 Å². The van der Waals surface area contributed by atoms with Crippen LogP contribution in [0.2, 0.25) is 0 Å².